The van der Waals surface area contributed by atoms with Gasteiger partial charge in [-0.1, -0.05) is 82.2 Å². The zero-order valence-corrected chi connectivity index (χ0v) is 28.9. The van der Waals surface area contributed by atoms with Crippen LogP contribution in [0, 0.1) is 17.8 Å². The minimum Gasteiger partial charge on any atom is -0.394 e. The van der Waals surface area contributed by atoms with Gasteiger partial charge in [0.15, 0.2) is 0 Å². The van der Waals surface area contributed by atoms with Gasteiger partial charge in [-0.25, -0.2) is 0 Å². The number of amides is 4. The Morgan fingerprint density at radius 3 is 1.69 bits per heavy atom. The number of aliphatic hydroxyl groups excluding tert-OH is 2. The second-order valence-corrected chi connectivity index (χ2v) is 12.6. The fraction of sp³-hybridized carbons (Fsp3) is 0.722. The molecule has 272 valence electrons. The van der Waals surface area contributed by atoms with E-state index in [9.17, 15) is 19.2 Å². The highest BCUT2D eigenvalue weighted by Gasteiger charge is 2.39. The van der Waals surface area contributed by atoms with Crippen LogP contribution in [0.25, 0.3) is 0 Å². The van der Waals surface area contributed by atoms with E-state index < -0.39 is 23.8 Å². The van der Waals surface area contributed by atoms with Gasteiger partial charge in [-0.05, 0) is 31.2 Å². The number of ether oxygens (including phenoxy) is 2. The molecule has 48 heavy (non-hydrogen) atoms. The van der Waals surface area contributed by atoms with Crippen molar-refractivity contribution in [2.45, 2.75) is 90.0 Å². The lowest BCUT2D eigenvalue weighted by Gasteiger charge is -2.33. The Kier molecular flexibility index (Phi) is 22.2. The van der Waals surface area contributed by atoms with Crippen LogP contribution in [0.1, 0.15) is 83.1 Å². The van der Waals surface area contributed by atoms with E-state index in [2.05, 4.69) is 28.2 Å². The van der Waals surface area contributed by atoms with Crippen LogP contribution < -0.4 is 21.3 Å². The summed E-state index contributed by atoms with van der Waals surface area (Å²) >= 11 is 0. The Morgan fingerprint density at radius 1 is 0.667 bits per heavy atom. The topological polar surface area (TPSA) is 175 Å². The van der Waals surface area contributed by atoms with Crippen molar-refractivity contribution in [2.75, 3.05) is 59.3 Å². The molecular formula is C36H60N4O8. The van der Waals surface area contributed by atoms with Crippen LogP contribution in [0.3, 0.4) is 0 Å². The van der Waals surface area contributed by atoms with Crippen molar-refractivity contribution in [3.8, 4) is 0 Å². The SMILES string of the molecule is CCCCCCCCCCNC(=O)[C@H](Cc1ccccc1)NC(=O)C1CC(C(=O)NCCOCCO)CC(C(=O)NCCOCCO)C1. The van der Waals surface area contributed by atoms with Crippen LogP contribution in [0.5, 0.6) is 0 Å². The minimum absolute atomic E-state index is 0.113. The summed E-state index contributed by atoms with van der Waals surface area (Å²) in [4.78, 5) is 53.5. The fourth-order valence-electron chi connectivity index (χ4n) is 6.02. The van der Waals surface area contributed by atoms with Gasteiger partial charge in [-0.15, -0.1) is 0 Å². The van der Waals surface area contributed by atoms with E-state index in [4.69, 9.17) is 19.7 Å². The molecule has 12 heteroatoms. The van der Waals surface area contributed by atoms with Crippen molar-refractivity contribution in [3.05, 3.63) is 35.9 Å². The highest BCUT2D eigenvalue weighted by atomic mass is 16.5. The molecule has 1 aliphatic carbocycles. The molecule has 1 fully saturated rings. The average molecular weight is 677 g/mol. The first-order valence-corrected chi connectivity index (χ1v) is 17.9. The minimum atomic E-state index is -0.803. The Bertz CT molecular complexity index is 1010. The number of carbonyl (C=O) groups excluding carboxylic acids is 4. The molecule has 1 aromatic carbocycles. The van der Waals surface area contributed by atoms with Gasteiger partial charge in [0.1, 0.15) is 6.04 Å². The summed E-state index contributed by atoms with van der Waals surface area (Å²) in [5, 5.41) is 29.4. The second kappa shape index (κ2) is 25.9. The summed E-state index contributed by atoms with van der Waals surface area (Å²) in [7, 11) is 0. The number of benzene rings is 1. The molecule has 3 atom stereocenters. The number of rotatable bonds is 26. The number of carbonyl (C=O) groups is 4. The Morgan fingerprint density at radius 2 is 1.17 bits per heavy atom. The third kappa shape index (κ3) is 17.4. The van der Waals surface area contributed by atoms with Gasteiger partial charge >= 0.3 is 0 Å². The van der Waals surface area contributed by atoms with Crippen molar-refractivity contribution in [2.24, 2.45) is 17.8 Å². The molecule has 2 rings (SSSR count). The van der Waals surface area contributed by atoms with E-state index in [1.807, 2.05) is 30.3 Å². The zero-order valence-electron chi connectivity index (χ0n) is 28.9. The van der Waals surface area contributed by atoms with E-state index in [1.54, 1.807) is 0 Å². The summed E-state index contributed by atoms with van der Waals surface area (Å²) in [6, 6.07) is 8.72. The van der Waals surface area contributed by atoms with Crippen LogP contribution >= 0.6 is 0 Å². The lowest BCUT2D eigenvalue weighted by molar-refractivity contribution is -0.137. The molecule has 1 aliphatic rings. The number of unbranched alkanes of at least 4 members (excludes halogenated alkanes) is 7. The van der Waals surface area contributed by atoms with Crippen LogP contribution in [0.4, 0.5) is 0 Å². The molecule has 0 bridgehead atoms. The Hall–Kier alpha value is -3.06. The highest BCUT2D eigenvalue weighted by molar-refractivity contribution is 5.90. The monoisotopic (exact) mass is 676 g/mol. The van der Waals surface area contributed by atoms with Crippen LogP contribution in [0.2, 0.25) is 0 Å². The highest BCUT2D eigenvalue weighted by Crippen LogP contribution is 2.34. The maximum absolute atomic E-state index is 13.8. The third-order valence-electron chi connectivity index (χ3n) is 8.63. The van der Waals surface area contributed by atoms with Gasteiger partial charge in [0.05, 0.1) is 39.6 Å². The summed E-state index contributed by atoms with van der Waals surface area (Å²) in [5.41, 5.74) is 0.912. The number of aliphatic hydroxyl groups is 2. The molecule has 0 aliphatic heterocycles. The lowest BCUT2D eigenvalue weighted by atomic mass is 9.74. The molecule has 6 N–H and O–H groups in total. The summed E-state index contributed by atoms with van der Waals surface area (Å²) < 4.78 is 10.5. The standard InChI is InChI=1S/C36H60N4O8/c1-2-3-4-5-6-7-8-12-15-37-36(46)32(24-28-13-10-9-11-14-28)40-35(45)31-26-29(33(43)38-16-20-47-22-18-41)25-30(27-31)34(44)39-17-21-48-23-19-42/h9-11,13-14,29-32,41-42H,2-8,12,15-27H2,1H3,(H,37,46)(H,38,43)(H,39,44)(H,40,45)/t29?,30?,31?,32-/m0/s1. The van der Waals surface area contributed by atoms with Crippen molar-refractivity contribution in [3.63, 3.8) is 0 Å². The van der Waals surface area contributed by atoms with E-state index in [1.165, 1.54) is 32.1 Å². The smallest absolute Gasteiger partial charge is 0.242 e. The maximum atomic E-state index is 13.8. The van der Waals surface area contributed by atoms with Crippen molar-refractivity contribution in [1.29, 1.82) is 0 Å². The van der Waals surface area contributed by atoms with Crippen molar-refractivity contribution in [1.82, 2.24) is 21.3 Å². The molecule has 1 saturated carbocycles. The third-order valence-corrected chi connectivity index (χ3v) is 8.63. The first-order valence-electron chi connectivity index (χ1n) is 17.9. The van der Waals surface area contributed by atoms with Gasteiger partial charge < -0.3 is 41.0 Å². The quantitative estimate of drug-likeness (QED) is 0.0811. The summed E-state index contributed by atoms with van der Waals surface area (Å²) in [5.74, 6) is -2.97. The van der Waals surface area contributed by atoms with Crippen LogP contribution in [0.15, 0.2) is 30.3 Å². The van der Waals surface area contributed by atoms with Crippen LogP contribution in [-0.4, -0.2) is 99.2 Å². The molecule has 0 spiro atoms. The molecule has 1 aromatic rings. The molecule has 2 unspecified atom stereocenters. The molecular weight excluding hydrogens is 616 g/mol. The first-order chi connectivity index (χ1) is 23.4. The Labute approximate surface area is 286 Å². The van der Waals surface area contributed by atoms with Crippen molar-refractivity contribution >= 4 is 23.6 Å². The normalized spacial score (nSPS) is 18.1. The Balaban J connectivity index is 2.05. The first kappa shape index (κ1) is 41.1. The second-order valence-electron chi connectivity index (χ2n) is 12.6. The summed E-state index contributed by atoms with van der Waals surface area (Å²) in [6.45, 7) is 3.80. The van der Waals surface area contributed by atoms with E-state index in [0.29, 0.717) is 13.0 Å². The van der Waals surface area contributed by atoms with Crippen molar-refractivity contribution < 1.29 is 38.9 Å². The van der Waals surface area contributed by atoms with E-state index in [0.717, 1.165) is 24.8 Å². The predicted octanol–water partition coefficient (Wildman–Crippen LogP) is 2.25. The molecule has 12 nitrogen and oxygen atoms in total. The fourth-order valence-corrected chi connectivity index (χ4v) is 6.02. The average Bonchev–Trinajstić information content (AvgIpc) is 3.10. The van der Waals surface area contributed by atoms with Crippen LogP contribution in [-0.2, 0) is 35.1 Å². The largest absolute Gasteiger partial charge is 0.394 e. The van der Waals surface area contributed by atoms with E-state index in [-0.39, 0.29) is 95.6 Å². The summed E-state index contributed by atoms with van der Waals surface area (Å²) in [6.07, 6.45) is 10.4. The molecule has 0 saturated heterocycles. The van der Waals surface area contributed by atoms with Gasteiger partial charge in [0.25, 0.3) is 0 Å². The maximum Gasteiger partial charge on any atom is 0.242 e. The molecule has 0 heterocycles. The van der Waals surface area contributed by atoms with E-state index >= 15 is 0 Å². The molecule has 0 radical (unpaired) electrons. The molecule has 0 aromatic heterocycles. The number of hydrogen-bond acceptors (Lipinski definition) is 8. The van der Waals surface area contributed by atoms with Gasteiger partial charge in [-0.3, -0.25) is 19.2 Å². The van der Waals surface area contributed by atoms with Gasteiger partial charge in [-0.2, -0.15) is 0 Å². The number of hydrogen-bond donors (Lipinski definition) is 6. The zero-order chi connectivity index (χ0) is 34.8. The lowest BCUT2D eigenvalue weighted by Crippen LogP contribution is -2.52. The van der Waals surface area contributed by atoms with Gasteiger partial charge in [0, 0.05) is 43.8 Å². The van der Waals surface area contributed by atoms with Gasteiger partial charge in [0.2, 0.25) is 23.6 Å². The number of nitrogens with one attached hydrogen (secondary N) is 4. The predicted molar refractivity (Wildman–Crippen MR) is 184 cm³/mol. The molecule has 4 amide bonds.